The zero-order valence-corrected chi connectivity index (χ0v) is 12.5. The molecule has 0 aromatic carbocycles. The maximum atomic E-state index is 12.4. The summed E-state index contributed by atoms with van der Waals surface area (Å²) in [5, 5.41) is 12.9. The minimum Gasteiger partial charge on any atom is -0.392 e. The number of hydrogen-bond donors (Lipinski definition) is 2. The summed E-state index contributed by atoms with van der Waals surface area (Å²) in [6.07, 6.45) is 7.28. The molecule has 21 heavy (non-hydrogen) atoms. The summed E-state index contributed by atoms with van der Waals surface area (Å²) in [5.74, 6) is -0.00783. The van der Waals surface area contributed by atoms with Gasteiger partial charge in [0, 0.05) is 43.1 Å². The lowest BCUT2D eigenvalue weighted by Gasteiger charge is -2.29. The number of nitrogens with zero attached hydrogens (tertiary/aromatic N) is 2. The van der Waals surface area contributed by atoms with Crippen molar-refractivity contribution in [2.45, 2.75) is 50.8 Å². The van der Waals surface area contributed by atoms with E-state index in [9.17, 15) is 9.90 Å². The van der Waals surface area contributed by atoms with E-state index in [1.165, 1.54) is 0 Å². The normalized spacial score (nSPS) is 29.7. The molecule has 114 valence electrons. The van der Waals surface area contributed by atoms with E-state index in [-0.39, 0.29) is 18.1 Å². The van der Waals surface area contributed by atoms with Gasteiger partial charge in [-0.15, -0.1) is 0 Å². The smallest absolute Gasteiger partial charge is 0.251 e. The second-order valence-corrected chi connectivity index (χ2v) is 6.21. The van der Waals surface area contributed by atoms with Gasteiger partial charge in [-0.2, -0.15) is 0 Å². The Balaban J connectivity index is 1.66. The molecule has 1 aromatic heterocycles. The molecular weight excluding hydrogens is 266 g/mol. The molecule has 0 spiro atoms. The number of hydrogen-bond acceptors (Lipinski definition) is 4. The van der Waals surface area contributed by atoms with Crippen molar-refractivity contribution in [2.24, 2.45) is 0 Å². The van der Waals surface area contributed by atoms with Gasteiger partial charge in [-0.1, -0.05) is 0 Å². The van der Waals surface area contributed by atoms with Crippen LogP contribution in [0, 0.1) is 6.92 Å². The van der Waals surface area contributed by atoms with Crippen LogP contribution >= 0.6 is 0 Å². The number of nitrogens with one attached hydrogen (secondary N) is 1. The van der Waals surface area contributed by atoms with Gasteiger partial charge in [0.15, 0.2) is 0 Å². The lowest BCUT2D eigenvalue weighted by molar-refractivity contribution is 0.0905. The minimum atomic E-state index is -0.204. The molecule has 1 amide bonds. The van der Waals surface area contributed by atoms with E-state index in [1.54, 1.807) is 18.5 Å². The van der Waals surface area contributed by atoms with Crippen molar-refractivity contribution in [3.05, 3.63) is 29.6 Å². The first kappa shape index (κ1) is 14.5. The highest BCUT2D eigenvalue weighted by molar-refractivity contribution is 5.95. The number of β-amino-alcohol motifs (C(OH)–C–C–N with tert-alkyl or cyclic N) is 1. The quantitative estimate of drug-likeness (QED) is 0.875. The molecule has 0 radical (unpaired) electrons. The summed E-state index contributed by atoms with van der Waals surface area (Å²) >= 11 is 0. The number of pyridine rings is 1. The number of aryl methyl sites for hydroxylation is 1. The molecule has 1 aliphatic carbocycles. The summed E-state index contributed by atoms with van der Waals surface area (Å²) in [7, 11) is 0. The van der Waals surface area contributed by atoms with Gasteiger partial charge in [-0.05, 0) is 44.2 Å². The molecule has 1 unspecified atom stereocenters. The van der Waals surface area contributed by atoms with Crippen LogP contribution in [0.25, 0.3) is 0 Å². The van der Waals surface area contributed by atoms with Gasteiger partial charge >= 0.3 is 0 Å². The molecule has 3 atom stereocenters. The molecule has 5 heteroatoms. The van der Waals surface area contributed by atoms with Gasteiger partial charge in [0.2, 0.25) is 0 Å². The molecule has 2 heterocycles. The SMILES string of the molecule is Cc1cnccc1C(=O)N[C@@H]1CCC[C@@H]1N1CCC(O)C1. The monoisotopic (exact) mass is 289 g/mol. The van der Waals surface area contributed by atoms with E-state index in [0.717, 1.165) is 44.3 Å². The summed E-state index contributed by atoms with van der Waals surface area (Å²) in [4.78, 5) is 18.8. The Morgan fingerprint density at radius 1 is 1.43 bits per heavy atom. The van der Waals surface area contributed by atoms with Crippen LogP contribution in [0.1, 0.15) is 41.6 Å². The molecule has 1 aromatic rings. The lowest BCUT2D eigenvalue weighted by atomic mass is 10.1. The fraction of sp³-hybridized carbons (Fsp3) is 0.625. The fourth-order valence-corrected chi connectivity index (χ4v) is 3.59. The van der Waals surface area contributed by atoms with Gasteiger partial charge in [0.25, 0.3) is 5.91 Å². The fourth-order valence-electron chi connectivity index (χ4n) is 3.59. The Bertz CT molecular complexity index is 520. The maximum Gasteiger partial charge on any atom is 0.251 e. The Labute approximate surface area is 125 Å². The largest absolute Gasteiger partial charge is 0.392 e. The van der Waals surface area contributed by atoms with E-state index in [0.29, 0.717) is 11.6 Å². The van der Waals surface area contributed by atoms with E-state index in [4.69, 9.17) is 0 Å². The van der Waals surface area contributed by atoms with E-state index < -0.39 is 0 Å². The van der Waals surface area contributed by atoms with Crippen molar-refractivity contribution in [1.29, 1.82) is 0 Å². The number of aliphatic hydroxyl groups excluding tert-OH is 1. The molecule has 2 N–H and O–H groups in total. The molecule has 1 aliphatic heterocycles. The van der Waals surface area contributed by atoms with Gasteiger partial charge in [-0.25, -0.2) is 0 Å². The van der Waals surface area contributed by atoms with Crippen molar-refractivity contribution in [3.63, 3.8) is 0 Å². The molecule has 1 saturated carbocycles. The molecule has 2 fully saturated rings. The standard InChI is InChI=1S/C16H23N3O2/c1-11-9-17-7-5-13(11)16(21)18-14-3-2-4-15(14)19-8-6-12(20)10-19/h5,7,9,12,14-15,20H,2-4,6,8,10H2,1H3,(H,18,21)/t12?,14-,15+/m1/s1. The van der Waals surface area contributed by atoms with Crippen molar-refractivity contribution in [1.82, 2.24) is 15.2 Å². The summed E-state index contributed by atoms with van der Waals surface area (Å²) in [6, 6.07) is 2.33. The van der Waals surface area contributed by atoms with Crippen molar-refractivity contribution >= 4 is 5.91 Å². The molecule has 3 rings (SSSR count). The maximum absolute atomic E-state index is 12.4. The first-order chi connectivity index (χ1) is 10.1. The zero-order valence-electron chi connectivity index (χ0n) is 12.5. The Kier molecular flexibility index (Phi) is 4.22. The predicted octanol–water partition coefficient (Wildman–Crippen LogP) is 1.11. The minimum absolute atomic E-state index is 0.00783. The van der Waals surface area contributed by atoms with Crippen LogP contribution in [0.4, 0.5) is 0 Å². The topological polar surface area (TPSA) is 65.5 Å². The summed E-state index contributed by atoms with van der Waals surface area (Å²) in [5.41, 5.74) is 1.61. The molecule has 0 bridgehead atoms. The first-order valence-corrected chi connectivity index (χ1v) is 7.79. The lowest BCUT2D eigenvalue weighted by Crippen LogP contribution is -2.48. The van der Waals surface area contributed by atoms with Crippen molar-refractivity contribution < 1.29 is 9.90 Å². The third kappa shape index (κ3) is 3.09. The summed E-state index contributed by atoms with van der Waals surface area (Å²) in [6.45, 7) is 3.59. The second-order valence-electron chi connectivity index (χ2n) is 6.21. The van der Waals surface area contributed by atoms with Crippen LogP contribution in [0.2, 0.25) is 0 Å². The molecule has 1 saturated heterocycles. The van der Waals surface area contributed by atoms with Crippen LogP contribution in [-0.2, 0) is 0 Å². The van der Waals surface area contributed by atoms with Crippen LogP contribution in [0.15, 0.2) is 18.5 Å². The Hall–Kier alpha value is -1.46. The number of aliphatic hydroxyl groups is 1. The third-order valence-electron chi connectivity index (χ3n) is 4.72. The highest BCUT2D eigenvalue weighted by Gasteiger charge is 2.36. The number of carbonyl (C=O) groups excluding carboxylic acids is 1. The van der Waals surface area contributed by atoms with Gasteiger partial charge < -0.3 is 10.4 Å². The number of likely N-dealkylation sites (tertiary alicyclic amines) is 1. The first-order valence-electron chi connectivity index (χ1n) is 7.79. The molecule has 5 nitrogen and oxygen atoms in total. The van der Waals surface area contributed by atoms with Gasteiger partial charge in [-0.3, -0.25) is 14.7 Å². The van der Waals surface area contributed by atoms with Crippen LogP contribution in [0.5, 0.6) is 0 Å². The van der Waals surface area contributed by atoms with Gasteiger partial charge in [0.05, 0.1) is 6.10 Å². The summed E-state index contributed by atoms with van der Waals surface area (Å²) < 4.78 is 0. The number of carbonyl (C=O) groups is 1. The third-order valence-corrected chi connectivity index (χ3v) is 4.72. The van der Waals surface area contributed by atoms with E-state index >= 15 is 0 Å². The van der Waals surface area contributed by atoms with Crippen molar-refractivity contribution in [2.75, 3.05) is 13.1 Å². The second kappa shape index (κ2) is 6.12. The average Bonchev–Trinajstić information content (AvgIpc) is 3.08. The number of amides is 1. The predicted molar refractivity (Wildman–Crippen MR) is 80.1 cm³/mol. The molecule has 2 aliphatic rings. The highest BCUT2D eigenvalue weighted by atomic mass is 16.3. The van der Waals surface area contributed by atoms with Crippen molar-refractivity contribution in [3.8, 4) is 0 Å². The van der Waals surface area contributed by atoms with Gasteiger partial charge in [0.1, 0.15) is 0 Å². The van der Waals surface area contributed by atoms with Crippen LogP contribution < -0.4 is 5.32 Å². The van der Waals surface area contributed by atoms with Crippen LogP contribution in [0.3, 0.4) is 0 Å². The van der Waals surface area contributed by atoms with E-state index in [1.807, 2.05) is 6.92 Å². The van der Waals surface area contributed by atoms with Crippen LogP contribution in [-0.4, -0.2) is 52.2 Å². The Morgan fingerprint density at radius 3 is 3.00 bits per heavy atom. The average molecular weight is 289 g/mol. The zero-order chi connectivity index (χ0) is 14.8. The highest BCUT2D eigenvalue weighted by Crippen LogP contribution is 2.27. The number of aromatic nitrogens is 1. The number of rotatable bonds is 3. The molecular formula is C16H23N3O2. The van der Waals surface area contributed by atoms with E-state index in [2.05, 4.69) is 15.2 Å². The Morgan fingerprint density at radius 2 is 2.29 bits per heavy atom.